The van der Waals surface area contributed by atoms with Crippen molar-refractivity contribution in [3.05, 3.63) is 41.3 Å². The maximum absolute atomic E-state index is 12.6. The van der Waals surface area contributed by atoms with E-state index in [-0.39, 0.29) is 15.7 Å². The third-order valence-electron chi connectivity index (χ3n) is 2.49. The van der Waals surface area contributed by atoms with E-state index in [4.69, 9.17) is 11.6 Å². The van der Waals surface area contributed by atoms with Crippen molar-refractivity contribution < 1.29 is 21.6 Å². The lowest BCUT2D eigenvalue weighted by Crippen LogP contribution is -2.15. The summed E-state index contributed by atoms with van der Waals surface area (Å²) >= 11 is 5.73. The van der Waals surface area contributed by atoms with Crippen molar-refractivity contribution in [3.63, 3.8) is 0 Å². The normalized spacial score (nSPS) is 12.4. The van der Waals surface area contributed by atoms with Crippen LogP contribution in [0.2, 0.25) is 5.02 Å². The molecule has 10 heteroatoms. The number of imidazole rings is 1. The molecule has 0 fully saturated rings. The molecule has 21 heavy (non-hydrogen) atoms. The Morgan fingerprint density at radius 2 is 2.00 bits per heavy atom. The van der Waals surface area contributed by atoms with Gasteiger partial charge in [-0.25, -0.2) is 4.98 Å². The Morgan fingerprint density at radius 1 is 1.33 bits per heavy atom. The smallest absolute Gasteiger partial charge is 0.339 e. The van der Waals surface area contributed by atoms with Crippen LogP contribution in [-0.4, -0.2) is 18.0 Å². The van der Waals surface area contributed by atoms with Crippen molar-refractivity contribution in [1.29, 1.82) is 0 Å². The van der Waals surface area contributed by atoms with E-state index in [1.165, 1.54) is 17.1 Å². The number of halogens is 4. The molecule has 5 nitrogen and oxygen atoms in total. The monoisotopic (exact) mass is 339 g/mol. The molecule has 2 aromatic rings. The van der Waals surface area contributed by atoms with E-state index in [9.17, 15) is 21.6 Å². The first-order valence-corrected chi connectivity index (χ1v) is 7.33. The molecule has 0 aliphatic rings. The zero-order valence-electron chi connectivity index (χ0n) is 10.5. The molecule has 0 bridgehead atoms. The minimum atomic E-state index is -4.60. The Morgan fingerprint density at radius 3 is 2.52 bits per heavy atom. The Labute approximate surface area is 123 Å². The first-order valence-electron chi connectivity index (χ1n) is 5.47. The third kappa shape index (κ3) is 3.48. The molecule has 1 heterocycles. The van der Waals surface area contributed by atoms with E-state index in [1.54, 1.807) is 7.05 Å². The second-order valence-electron chi connectivity index (χ2n) is 4.18. The van der Waals surface area contributed by atoms with Crippen LogP contribution in [0.1, 0.15) is 5.56 Å². The van der Waals surface area contributed by atoms with Crippen molar-refractivity contribution in [3.8, 4) is 0 Å². The SMILES string of the molecule is Cn1cnc(S(=O)(=O)Nc2cc(C(F)(F)F)ccc2Cl)c1. The van der Waals surface area contributed by atoms with Crippen molar-refractivity contribution in [1.82, 2.24) is 9.55 Å². The zero-order valence-corrected chi connectivity index (χ0v) is 12.1. The Kier molecular flexibility index (Phi) is 3.89. The average Bonchev–Trinajstić information content (AvgIpc) is 2.78. The van der Waals surface area contributed by atoms with Gasteiger partial charge in [0.2, 0.25) is 0 Å². The highest BCUT2D eigenvalue weighted by atomic mass is 35.5. The highest BCUT2D eigenvalue weighted by Gasteiger charge is 2.31. The number of benzene rings is 1. The van der Waals surface area contributed by atoms with Crippen LogP contribution in [-0.2, 0) is 23.2 Å². The van der Waals surface area contributed by atoms with Gasteiger partial charge in [0.05, 0.1) is 22.6 Å². The lowest BCUT2D eigenvalue weighted by atomic mass is 10.2. The predicted molar refractivity (Wildman–Crippen MR) is 70.5 cm³/mol. The fraction of sp³-hybridized carbons (Fsp3) is 0.182. The fourth-order valence-electron chi connectivity index (χ4n) is 1.50. The summed E-state index contributed by atoms with van der Waals surface area (Å²) in [5, 5.41) is -0.471. The van der Waals surface area contributed by atoms with Crippen molar-refractivity contribution in [2.24, 2.45) is 7.05 Å². The quantitative estimate of drug-likeness (QED) is 0.935. The maximum atomic E-state index is 12.6. The van der Waals surface area contributed by atoms with Crippen LogP contribution in [0, 0.1) is 0 Å². The second kappa shape index (κ2) is 5.23. The Bertz CT molecular complexity index is 771. The van der Waals surface area contributed by atoms with Gasteiger partial charge in [-0.2, -0.15) is 21.6 Å². The Hall–Kier alpha value is -1.74. The summed E-state index contributed by atoms with van der Waals surface area (Å²) < 4.78 is 65.3. The molecule has 2 rings (SSSR count). The summed E-state index contributed by atoms with van der Waals surface area (Å²) in [6, 6.07) is 2.37. The molecule has 1 N–H and O–H groups in total. The first-order chi connectivity index (χ1) is 9.59. The number of sulfonamides is 1. The van der Waals surface area contributed by atoms with E-state index in [1.807, 2.05) is 4.72 Å². The van der Waals surface area contributed by atoms with Crippen molar-refractivity contribution in [2.45, 2.75) is 11.2 Å². The number of aromatic nitrogens is 2. The maximum Gasteiger partial charge on any atom is 0.416 e. The molecule has 0 atom stereocenters. The molecule has 0 saturated carbocycles. The summed E-state index contributed by atoms with van der Waals surface area (Å²) in [5.41, 5.74) is -1.37. The third-order valence-corrected chi connectivity index (χ3v) is 4.07. The van der Waals surface area contributed by atoms with E-state index in [0.717, 1.165) is 12.1 Å². The molecule has 0 unspecified atom stereocenters. The number of hydrogen-bond donors (Lipinski definition) is 1. The number of rotatable bonds is 3. The molecule has 0 aliphatic carbocycles. The fourth-order valence-corrected chi connectivity index (χ4v) is 2.78. The number of nitrogens with one attached hydrogen (secondary N) is 1. The highest BCUT2D eigenvalue weighted by molar-refractivity contribution is 7.92. The van der Waals surface area contributed by atoms with Gasteiger partial charge < -0.3 is 4.57 Å². The van der Waals surface area contributed by atoms with Crippen LogP contribution >= 0.6 is 11.6 Å². The summed E-state index contributed by atoms with van der Waals surface area (Å²) in [5.74, 6) is 0. The van der Waals surface area contributed by atoms with E-state index < -0.39 is 21.8 Å². The standard InChI is InChI=1S/C11H9ClF3N3O2S/c1-18-5-10(16-6-18)21(19,20)17-9-4-7(11(13,14)15)2-3-8(9)12/h2-6,17H,1H3. The van der Waals surface area contributed by atoms with Crippen LogP contribution in [0.15, 0.2) is 35.7 Å². The van der Waals surface area contributed by atoms with E-state index in [0.29, 0.717) is 6.07 Å². The van der Waals surface area contributed by atoms with E-state index >= 15 is 0 Å². The number of hydrogen-bond acceptors (Lipinski definition) is 3. The predicted octanol–water partition coefficient (Wildman–Crippen LogP) is 2.89. The lowest BCUT2D eigenvalue weighted by molar-refractivity contribution is -0.137. The molecule has 0 saturated heterocycles. The van der Waals surface area contributed by atoms with Crippen LogP contribution in [0.3, 0.4) is 0 Å². The topological polar surface area (TPSA) is 64.0 Å². The van der Waals surface area contributed by atoms with Gasteiger partial charge in [0.15, 0.2) is 5.03 Å². The van der Waals surface area contributed by atoms with Gasteiger partial charge in [-0.1, -0.05) is 11.6 Å². The van der Waals surface area contributed by atoms with Crippen molar-refractivity contribution in [2.75, 3.05) is 4.72 Å². The molecule has 0 amide bonds. The highest BCUT2D eigenvalue weighted by Crippen LogP contribution is 2.34. The number of aryl methyl sites for hydroxylation is 1. The Balaban J connectivity index is 2.39. The largest absolute Gasteiger partial charge is 0.416 e. The van der Waals surface area contributed by atoms with Gasteiger partial charge in [-0.15, -0.1) is 0 Å². The minimum absolute atomic E-state index is 0.150. The summed E-state index contributed by atoms with van der Waals surface area (Å²) in [7, 11) is -2.55. The van der Waals surface area contributed by atoms with Gasteiger partial charge in [0.25, 0.3) is 10.0 Å². The van der Waals surface area contributed by atoms with Gasteiger partial charge >= 0.3 is 6.18 Å². The second-order valence-corrected chi connectivity index (χ2v) is 6.21. The lowest BCUT2D eigenvalue weighted by Gasteiger charge is -2.11. The number of anilines is 1. The van der Waals surface area contributed by atoms with E-state index in [2.05, 4.69) is 4.98 Å². The molecule has 0 aliphatic heterocycles. The summed E-state index contributed by atoms with van der Waals surface area (Å²) in [6.45, 7) is 0. The molecule has 0 radical (unpaired) electrons. The van der Waals surface area contributed by atoms with Crippen LogP contribution in [0.4, 0.5) is 18.9 Å². The van der Waals surface area contributed by atoms with Crippen LogP contribution < -0.4 is 4.72 Å². The number of alkyl halides is 3. The first kappa shape index (κ1) is 15.6. The van der Waals surface area contributed by atoms with Gasteiger partial charge in [-0.3, -0.25) is 4.72 Å². The summed E-state index contributed by atoms with van der Waals surface area (Å²) in [6.07, 6.45) is -2.14. The number of nitrogens with zero attached hydrogens (tertiary/aromatic N) is 2. The minimum Gasteiger partial charge on any atom is -0.339 e. The van der Waals surface area contributed by atoms with Crippen LogP contribution in [0.25, 0.3) is 0 Å². The van der Waals surface area contributed by atoms with Gasteiger partial charge in [0.1, 0.15) is 0 Å². The molecular formula is C11H9ClF3N3O2S. The van der Waals surface area contributed by atoms with Crippen LogP contribution in [0.5, 0.6) is 0 Å². The molecular weight excluding hydrogens is 331 g/mol. The van der Waals surface area contributed by atoms with Gasteiger partial charge in [0, 0.05) is 13.2 Å². The molecule has 114 valence electrons. The molecule has 1 aromatic carbocycles. The van der Waals surface area contributed by atoms with Gasteiger partial charge in [-0.05, 0) is 18.2 Å². The van der Waals surface area contributed by atoms with Crippen molar-refractivity contribution >= 4 is 27.3 Å². The molecule has 1 aromatic heterocycles. The molecule has 0 spiro atoms. The zero-order chi connectivity index (χ0) is 15.8. The average molecular weight is 340 g/mol. The summed E-state index contributed by atoms with van der Waals surface area (Å²) in [4.78, 5) is 3.63.